The van der Waals surface area contributed by atoms with Crippen molar-refractivity contribution in [3.63, 3.8) is 0 Å². The molecule has 2 nitrogen and oxygen atoms in total. The van der Waals surface area contributed by atoms with Crippen LogP contribution in [-0.2, 0) is 6.42 Å². The smallest absolute Gasteiger partial charge is 0.0624 e. The summed E-state index contributed by atoms with van der Waals surface area (Å²) in [5.41, 5.74) is 2.40. The average molecular weight is 226 g/mol. The van der Waals surface area contributed by atoms with Crippen molar-refractivity contribution >= 4 is 11.6 Å². The summed E-state index contributed by atoms with van der Waals surface area (Å²) in [5.74, 6) is 0.850. The lowest BCUT2D eigenvalue weighted by atomic mass is 9.96. The van der Waals surface area contributed by atoms with Gasteiger partial charge in [-0.15, -0.1) is 11.6 Å². The highest BCUT2D eigenvalue weighted by Crippen LogP contribution is 2.34. The number of aliphatic hydroxyl groups is 1. The molecule has 0 fully saturated rings. The molecule has 1 aromatic heterocycles. The number of alkyl halides is 1. The van der Waals surface area contributed by atoms with Crippen LogP contribution in [0.25, 0.3) is 0 Å². The topological polar surface area (TPSA) is 33.1 Å². The fraction of sp³-hybridized carbons (Fsp3) is 0.583. The van der Waals surface area contributed by atoms with Crippen LogP contribution in [0, 0.1) is 0 Å². The molecule has 0 bridgehead atoms. The Kier molecular flexibility index (Phi) is 3.60. The first-order valence-electron chi connectivity index (χ1n) is 5.50. The van der Waals surface area contributed by atoms with Crippen molar-refractivity contribution in [3.8, 4) is 0 Å². The number of rotatable bonds is 4. The minimum absolute atomic E-state index is 0.226. The first kappa shape index (κ1) is 10.9. The maximum absolute atomic E-state index is 10.0. The van der Waals surface area contributed by atoms with Gasteiger partial charge in [0.15, 0.2) is 0 Å². The van der Waals surface area contributed by atoms with Crippen LogP contribution in [0.1, 0.15) is 36.4 Å². The largest absolute Gasteiger partial charge is 0.392 e. The van der Waals surface area contributed by atoms with E-state index in [1.54, 1.807) is 0 Å². The van der Waals surface area contributed by atoms with Crippen molar-refractivity contribution in [3.05, 3.63) is 29.6 Å². The molecule has 0 spiro atoms. The van der Waals surface area contributed by atoms with Gasteiger partial charge < -0.3 is 5.11 Å². The van der Waals surface area contributed by atoms with Gasteiger partial charge in [0, 0.05) is 23.7 Å². The maximum atomic E-state index is 10.0. The van der Waals surface area contributed by atoms with Gasteiger partial charge in [0.05, 0.1) is 6.10 Å². The Hall–Kier alpha value is -0.600. The molecule has 0 aliphatic heterocycles. The lowest BCUT2D eigenvalue weighted by Gasteiger charge is -2.17. The van der Waals surface area contributed by atoms with E-state index in [1.807, 2.05) is 12.3 Å². The van der Waals surface area contributed by atoms with E-state index in [2.05, 4.69) is 11.1 Å². The van der Waals surface area contributed by atoms with E-state index >= 15 is 0 Å². The van der Waals surface area contributed by atoms with Crippen LogP contribution in [0.5, 0.6) is 0 Å². The minimum atomic E-state index is -0.278. The highest BCUT2D eigenvalue weighted by atomic mass is 35.5. The Morgan fingerprint density at radius 1 is 1.60 bits per heavy atom. The number of fused-ring (bicyclic) bond motifs is 1. The van der Waals surface area contributed by atoms with Crippen LogP contribution < -0.4 is 0 Å². The minimum Gasteiger partial charge on any atom is -0.392 e. The van der Waals surface area contributed by atoms with Crippen LogP contribution in [0.4, 0.5) is 0 Å². The molecule has 0 saturated heterocycles. The van der Waals surface area contributed by atoms with Gasteiger partial charge in [-0.05, 0) is 37.3 Å². The molecule has 1 heterocycles. The molecule has 0 amide bonds. The second-order valence-corrected chi connectivity index (χ2v) is 4.47. The van der Waals surface area contributed by atoms with Gasteiger partial charge in [0.25, 0.3) is 0 Å². The summed E-state index contributed by atoms with van der Waals surface area (Å²) in [6.45, 7) is 0. The summed E-state index contributed by atoms with van der Waals surface area (Å²) in [6.07, 6.45) is 5.26. The standard InChI is InChI=1S/C12H16ClNO/c13-7-1-4-11(15)10-6-5-9-3-2-8-14-12(9)10/h2-3,8,10-11,15H,1,4-7H2. The maximum Gasteiger partial charge on any atom is 0.0624 e. The average Bonchev–Trinajstić information content (AvgIpc) is 2.69. The third-order valence-electron chi connectivity index (χ3n) is 3.10. The number of halogens is 1. The van der Waals surface area contributed by atoms with Gasteiger partial charge in [-0.25, -0.2) is 0 Å². The van der Waals surface area contributed by atoms with Crippen molar-refractivity contribution in [2.24, 2.45) is 0 Å². The zero-order valence-electron chi connectivity index (χ0n) is 8.69. The molecule has 1 aromatic rings. The number of aryl methyl sites for hydroxylation is 1. The molecule has 0 saturated carbocycles. The summed E-state index contributed by atoms with van der Waals surface area (Å²) in [7, 11) is 0. The van der Waals surface area contributed by atoms with E-state index in [0.29, 0.717) is 5.88 Å². The zero-order chi connectivity index (χ0) is 10.7. The zero-order valence-corrected chi connectivity index (χ0v) is 9.45. The second kappa shape index (κ2) is 4.95. The number of hydrogen-bond acceptors (Lipinski definition) is 2. The van der Waals surface area contributed by atoms with Gasteiger partial charge in [-0.3, -0.25) is 4.98 Å². The molecule has 82 valence electrons. The molecular weight excluding hydrogens is 210 g/mol. The molecule has 0 radical (unpaired) electrons. The van der Waals surface area contributed by atoms with E-state index < -0.39 is 0 Å². The first-order valence-corrected chi connectivity index (χ1v) is 6.04. The fourth-order valence-electron chi connectivity index (χ4n) is 2.31. The van der Waals surface area contributed by atoms with Crippen LogP contribution in [-0.4, -0.2) is 22.1 Å². The van der Waals surface area contributed by atoms with Gasteiger partial charge in [0.1, 0.15) is 0 Å². The van der Waals surface area contributed by atoms with Crippen molar-refractivity contribution < 1.29 is 5.11 Å². The third kappa shape index (κ3) is 2.32. The summed E-state index contributed by atoms with van der Waals surface area (Å²) in [5, 5.41) is 10.0. The molecule has 1 N–H and O–H groups in total. The number of nitrogens with zero attached hydrogens (tertiary/aromatic N) is 1. The Morgan fingerprint density at radius 2 is 2.47 bits per heavy atom. The Bertz CT molecular complexity index is 329. The van der Waals surface area contributed by atoms with E-state index in [-0.39, 0.29) is 12.0 Å². The molecule has 3 heteroatoms. The van der Waals surface area contributed by atoms with Gasteiger partial charge in [0.2, 0.25) is 0 Å². The summed E-state index contributed by atoms with van der Waals surface area (Å²) < 4.78 is 0. The monoisotopic (exact) mass is 225 g/mol. The molecule has 2 rings (SSSR count). The molecule has 0 aromatic carbocycles. The van der Waals surface area contributed by atoms with Gasteiger partial charge >= 0.3 is 0 Å². The van der Waals surface area contributed by atoms with Gasteiger partial charge in [-0.2, -0.15) is 0 Å². The number of pyridine rings is 1. The summed E-state index contributed by atoms with van der Waals surface area (Å²) >= 11 is 5.63. The second-order valence-electron chi connectivity index (χ2n) is 4.09. The Labute approximate surface area is 95.3 Å². The quantitative estimate of drug-likeness (QED) is 0.799. The molecule has 1 aliphatic rings. The molecule has 2 atom stereocenters. The number of aromatic nitrogens is 1. The molecular formula is C12H16ClNO. The van der Waals surface area contributed by atoms with Crippen molar-refractivity contribution in [1.82, 2.24) is 4.98 Å². The molecule has 15 heavy (non-hydrogen) atoms. The lowest BCUT2D eigenvalue weighted by Crippen LogP contribution is -2.17. The highest BCUT2D eigenvalue weighted by molar-refractivity contribution is 6.17. The number of hydrogen-bond donors (Lipinski definition) is 1. The van der Waals surface area contributed by atoms with E-state index in [4.69, 9.17) is 11.6 Å². The molecule has 2 unspecified atom stereocenters. The third-order valence-corrected chi connectivity index (χ3v) is 3.37. The fourth-order valence-corrected chi connectivity index (χ4v) is 2.46. The number of aliphatic hydroxyl groups excluding tert-OH is 1. The van der Waals surface area contributed by atoms with Crippen LogP contribution in [0.3, 0.4) is 0 Å². The van der Waals surface area contributed by atoms with Crippen molar-refractivity contribution in [2.45, 2.75) is 37.7 Å². The van der Waals surface area contributed by atoms with Crippen molar-refractivity contribution in [2.75, 3.05) is 5.88 Å². The highest BCUT2D eigenvalue weighted by Gasteiger charge is 2.29. The normalized spacial score (nSPS) is 21.3. The first-order chi connectivity index (χ1) is 7.33. The summed E-state index contributed by atoms with van der Waals surface area (Å²) in [6, 6.07) is 4.07. The Balaban J connectivity index is 2.06. The van der Waals surface area contributed by atoms with E-state index in [1.165, 1.54) is 5.56 Å². The van der Waals surface area contributed by atoms with Crippen LogP contribution in [0.15, 0.2) is 18.3 Å². The van der Waals surface area contributed by atoms with Gasteiger partial charge in [-0.1, -0.05) is 6.07 Å². The SMILES string of the molecule is OC(CCCCl)C1CCc2cccnc21. The van der Waals surface area contributed by atoms with E-state index in [9.17, 15) is 5.11 Å². The van der Waals surface area contributed by atoms with Crippen LogP contribution >= 0.6 is 11.6 Å². The van der Waals surface area contributed by atoms with Crippen molar-refractivity contribution in [1.29, 1.82) is 0 Å². The van der Waals surface area contributed by atoms with Crippen LogP contribution in [0.2, 0.25) is 0 Å². The Morgan fingerprint density at radius 3 is 3.27 bits per heavy atom. The van der Waals surface area contributed by atoms with E-state index in [0.717, 1.165) is 31.4 Å². The lowest BCUT2D eigenvalue weighted by molar-refractivity contribution is 0.131. The summed E-state index contributed by atoms with van der Waals surface area (Å²) in [4.78, 5) is 4.38. The molecule has 1 aliphatic carbocycles. The predicted molar refractivity (Wildman–Crippen MR) is 61.3 cm³/mol. The predicted octanol–water partition coefficient (Wildman–Crippen LogP) is 2.49.